The van der Waals surface area contributed by atoms with Crippen molar-refractivity contribution in [2.75, 3.05) is 45.9 Å². The molecule has 1 aliphatic heterocycles. The fourth-order valence-electron chi connectivity index (χ4n) is 4.72. The number of aromatic nitrogens is 3. The first-order chi connectivity index (χ1) is 17.8. The number of benzene rings is 1. The summed E-state index contributed by atoms with van der Waals surface area (Å²) in [4.78, 5) is 11.2. The molecule has 0 amide bonds. The Morgan fingerprint density at radius 1 is 1.08 bits per heavy atom. The van der Waals surface area contributed by atoms with Gasteiger partial charge in [-0.2, -0.15) is 4.31 Å². The molecule has 1 fully saturated rings. The predicted molar refractivity (Wildman–Crippen MR) is 140 cm³/mol. The third-order valence-corrected chi connectivity index (χ3v) is 8.55. The molecule has 1 saturated heterocycles. The number of aryl methyl sites for hydroxylation is 2. The summed E-state index contributed by atoms with van der Waals surface area (Å²) in [5, 5.41) is 22.3. The van der Waals surface area contributed by atoms with Gasteiger partial charge in [0.05, 0.1) is 34.7 Å². The standard InChI is InChI=1S/C26H37N5O5S.Na/c1-4-7-19-18-30(6-3)24-23(19)27-25(28-26(24)33)21-17-20(8-9-22(21)36-16-5-2)37(34,35)31-12-10-29(11-13-31)14-15-32;/h8-9,17-18,32H,4-7,10-16H2,1-3H3,(H,27,28,33);/q;+1/p-1. The molecule has 12 heteroatoms. The molecule has 3 heterocycles. The maximum Gasteiger partial charge on any atom is 1.00 e. The zero-order valence-corrected chi connectivity index (χ0v) is 25.6. The second kappa shape index (κ2) is 13.6. The van der Waals surface area contributed by atoms with Crippen LogP contribution in [0.2, 0.25) is 0 Å². The van der Waals surface area contributed by atoms with Crippen molar-refractivity contribution in [3.63, 3.8) is 0 Å². The molecule has 0 bridgehead atoms. The fourth-order valence-corrected chi connectivity index (χ4v) is 6.17. The van der Waals surface area contributed by atoms with Gasteiger partial charge < -0.3 is 19.5 Å². The van der Waals surface area contributed by atoms with E-state index in [9.17, 15) is 18.6 Å². The Kier molecular flexibility index (Phi) is 11.0. The summed E-state index contributed by atoms with van der Waals surface area (Å²) in [5.41, 5.74) is 2.43. The number of fused-ring (bicyclic) bond motifs is 1. The van der Waals surface area contributed by atoms with Crippen LogP contribution < -0.4 is 39.4 Å². The normalized spacial score (nSPS) is 15.1. The van der Waals surface area contributed by atoms with Crippen molar-refractivity contribution >= 4 is 21.1 Å². The molecule has 38 heavy (non-hydrogen) atoms. The van der Waals surface area contributed by atoms with Crippen molar-refractivity contribution in [3.05, 3.63) is 30.0 Å². The van der Waals surface area contributed by atoms with E-state index in [0.29, 0.717) is 68.2 Å². The number of aliphatic hydroxyl groups excluding tert-OH is 1. The van der Waals surface area contributed by atoms with Gasteiger partial charge in [0.15, 0.2) is 5.82 Å². The Morgan fingerprint density at radius 3 is 2.45 bits per heavy atom. The third kappa shape index (κ3) is 6.35. The molecule has 202 valence electrons. The number of hydrogen-bond acceptors (Lipinski definition) is 8. The minimum Gasteiger partial charge on any atom is -0.857 e. The summed E-state index contributed by atoms with van der Waals surface area (Å²) in [6.45, 7) is 9.44. The topological polar surface area (TPSA) is 124 Å². The number of nitrogens with zero attached hydrogens (tertiary/aromatic N) is 5. The van der Waals surface area contributed by atoms with Crippen LogP contribution in [0.15, 0.2) is 29.3 Å². The summed E-state index contributed by atoms with van der Waals surface area (Å²) < 4.78 is 36.3. The maximum atomic E-state index is 13.5. The van der Waals surface area contributed by atoms with Crippen molar-refractivity contribution in [2.45, 2.75) is 51.5 Å². The quantitative estimate of drug-likeness (QED) is 0.307. The van der Waals surface area contributed by atoms with Gasteiger partial charge in [0.25, 0.3) is 0 Å². The van der Waals surface area contributed by atoms with Crippen LogP contribution in [0.5, 0.6) is 11.6 Å². The van der Waals surface area contributed by atoms with Crippen molar-refractivity contribution < 1.29 is 52.9 Å². The Labute approximate surface area is 247 Å². The van der Waals surface area contributed by atoms with Crippen molar-refractivity contribution in [1.29, 1.82) is 0 Å². The predicted octanol–water partition coefficient (Wildman–Crippen LogP) is -0.764. The molecule has 0 unspecified atom stereocenters. The second-order valence-electron chi connectivity index (χ2n) is 9.22. The van der Waals surface area contributed by atoms with E-state index in [-0.39, 0.29) is 52.8 Å². The summed E-state index contributed by atoms with van der Waals surface area (Å²) in [6.07, 6.45) is 4.40. The molecule has 1 aliphatic rings. The van der Waals surface area contributed by atoms with Crippen LogP contribution in [0.1, 0.15) is 39.2 Å². The first kappa shape index (κ1) is 30.8. The van der Waals surface area contributed by atoms with Gasteiger partial charge in [0.1, 0.15) is 5.75 Å². The van der Waals surface area contributed by atoms with E-state index in [1.165, 1.54) is 16.4 Å². The van der Waals surface area contributed by atoms with Gasteiger partial charge in [-0.1, -0.05) is 20.3 Å². The zero-order valence-electron chi connectivity index (χ0n) is 22.8. The monoisotopic (exact) mass is 553 g/mol. The van der Waals surface area contributed by atoms with Gasteiger partial charge >= 0.3 is 29.6 Å². The van der Waals surface area contributed by atoms with Crippen molar-refractivity contribution in [1.82, 2.24) is 23.7 Å². The Bertz CT molecular complexity index is 1340. The second-order valence-corrected chi connectivity index (χ2v) is 11.2. The van der Waals surface area contributed by atoms with Crippen LogP contribution in [0, 0.1) is 0 Å². The third-order valence-electron chi connectivity index (χ3n) is 6.65. The van der Waals surface area contributed by atoms with Crippen molar-refractivity contribution in [3.8, 4) is 23.0 Å². The van der Waals surface area contributed by atoms with Gasteiger partial charge in [0.2, 0.25) is 10.0 Å². The minimum atomic E-state index is -3.79. The van der Waals surface area contributed by atoms with E-state index < -0.39 is 10.0 Å². The molecule has 0 radical (unpaired) electrons. The van der Waals surface area contributed by atoms with E-state index in [4.69, 9.17) is 9.72 Å². The van der Waals surface area contributed by atoms with E-state index in [1.54, 1.807) is 6.07 Å². The van der Waals surface area contributed by atoms with Crippen LogP contribution in [0.3, 0.4) is 0 Å². The number of β-amino-alcohol motifs (C(OH)–C–C–N with tert-alkyl or cyclic N) is 1. The molecule has 1 aromatic carbocycles. The molecular formula is C26H36N5NaO5S. The molecule has 4 rings (SSSR count). The van der Waals surface area contributed by atoms with Crippen LogP contribution >= 0.6 is 0 Å². The smallest absolute Gasteiger partial charge is 0.857 e. The van der Waals surface area contributed by atoms with Crippen LogP contribution in [-0.2, 0) is 23.0 Å². The van der Waals surface area contributed by atoms with E-state index in [1.807, 2.05) is 29.5 Å². The minimum absolute atomic E-state index is 0. The molecule has 10 nitrogen and oxygen atoms in total. The van der Waals surface area contributed by atoms with Crippen LogP contribution in [-0.4, -0.2) is 83.2 Å². The number of piperazine rings is 1. The number of hydrogen-bond donors (Lipinski definition) is 1. The van der Waals surface area contributed by atoms with Crippen LogP contribution in [0.25, 0.3) is 22.4 Å². The van der Waals surface area contributed by atoms with Gasteiger partial charge in [-0.3, -0.25) is 4.90 Å². The summed E-state index contributed by atoms with van der Waals surface area (Å²) >= 11 is 0. The summed E-state index contributed by atoms with van der Waals surface area (Å²) in [6, 6.07) is 4.69. The first-order valence-corrected chi connectivity index (χ1v) is 14.4. The van der Waals surface area contributed by atoms with Gasteiger partial charge in [-0.25, -0.2) is 18.4 Å². The van der Waals surface area contributed by atoms with E-state index in [2.05, 4.69) is 11.9 Å². The number of ether oxygens (including phenoxy) is 1. The summed E-state index contributed by atoms with van der Waals surface area (Å²) in [5.74, 6) is 0.220. The van der Waals surface area contributed by atoms with Crippen LogP contribution in [0.4, 0.5) is 0 Å². The van der Waals surface area contributed by atoms with Crippen molar-refractivity contribution in [2.24, 2.45) is 0 Å². The molecular weight excluding hydrogens is 517 g/mol. The Balaban J connectivity index is 0.00000400. The Morgan fingerprint density at radius 2 is 1.82 bits per heavy atom. The Hall–Kier alpha value is -1.73. The average Bonchev–Trinajstić information content (AvgIpc) is 3.26. The molecule has 0 aliphatic carbocycles. The van der Waals surface area contributed by atoms with Gasteiger partial charge in [-0.15, -0.1) is 0 Å². The SMILES string of the molecule is CCCOc1ccc(S(=O)(=O)N2CCN(CCO)CC2)cc1-c1nc([O-])c2c(n1)c(CCC)cn2CC.[Na+]. The first-order valence-electron chi connectivity index (χ1n) is 13.0. The average molecular weight is 554 g/mol. The van der Waals surface area contributed by atoms with Gasteiger partial charge in [-0.05, 0) is 43.5 Å². The van der Waals surface area contributed by atoms with E-state index >= 15 is 0 Å². The largest absolute Gasteiger partial charge is 1.00 e. The zero-order chi connectivity index (χ0) is 26.6. The fraction of sp³-hybridized carbons (Fsp3) is 0.538. The molecule has 2 aromatic heterocycles. The molecule has 1 N–H and O–H groups in total. The maximum absolute atomic E-state index is 13.5. The molecule has 0 atom stereocenters. The summed E-state index contributed by atoms with van der Waals surface area (Å²) in [7, 11) is -3.79. The van der Waals surface area contributed by atoms with Gasteiger partial charge in [0, 0.05) is 51.3 Å². The molecule has 3 aromatic rings. The van der Waals surface area contributed by atoms with E-state index in [0.717, 1.165) is 24.8 Å². The molecule has 0 spiro atoms. The number of sulfonamides is 1. The molecule has 0 saturated carbocycles. The number of rotatable bonds is 11. The number of aliphatic hydroxyl groups is 1.